The Morgan fingerprint density at radius 1 is 1.26 bits per heavy atom. The molecule has 1 aromatic carbocycles. The highest BCUT2D eigenvalue weighted by Gasteiger charge is 2.28. The third kappa shape index (κ3) is 3.36. The molecule has 0 unspecified atom stereocenters. The predicted octanol–water partition coefficient (Wildman–Crippen LogP) is 4.59. The Labute approximate surface area is 137 Å². The molecule has 0 atom stereocenters. The summed E-state index contributed by atoms with van der Waals surface area (Å²) in [6.07, 6.45) is 3.86. The van der Waals surface area contributed by atoms with Crippen LogP contribution in [0.25, 0.3) is 10.9 Å². The Morgan fingerprint density at radius 2 is 1.96 bits per heavy atom. The van der Waals surface area contributed by atoms with Gasteiger partial charge in [-0.25, -0.2) is 4.79 Å². The molecule has 1 aromatic heterocycles. The molecular weight excluding hydrogens is 288 g/mol. The van der Waals surface area contributed by atoms with Crippen molar-refractivity contribution in [3.05, 3.63) is 35.5 Å². The summed E-state index contributed by atoms with van der Waals surface area (Å²) in [4.78, 5) is 17.4. The van der Waals surface area contributed by atoms with Gasteiger partial charge in [0.05, 0.1) is 0 Å². The van der Waals surface area contributed by atoms with E-state index in [4.69, 9.17) is 4.74 Å². The number of carbonyl (C=O) groups excluding carboxylic acids is 1. The van der Waals surface area contributed by atoms with Crippen molar-refractivity contribution < 1.29 is 9.53 Å². The number of ether oxygens (including phenoxy) is 1. The van der Waals surface area contributed by atoms with Crippen LogP contribution in [0.4, 0.5) is 4.79 Å². The number of nitrogens with zero attached hydrogens (tertiary/aromatic N) is 1. The van der Waals surface area contributed by atoms with Crippen LogP contribution in [0.2, 0.25) is 0 Å². The lowest BCUT2D eigenvalue weighted by Gasteiger charge is -2.34. The van der Waals surface area contributed by atoms with Crippen LogP contribution in [-0.2, 0) is 4.74 Å². The maximum atomic E-state index is 12.2. The van der Waals surface area contributed by atoms with Crippen molar-refractivity contribution >= 4 is 17.0 Å². The Morgan fingerprint density at radius 3 is 2.61 bits per heavy atom. The van der Waals surface area contributed by atoms with Crippen molar-refractivity contribution in [3.8, 4) is 0 Å². The number of nitrogens with one attached hydrogen (secondary N) is 1. The summed E-state index contributed by atoms with van der Waals surface area (Å²) < 4.78 is 5.48. The van der Waals surface area contributed by atoms with Gasteiger partial charge in [0.15, 0.2) is 0 Å². The van der Waals surface area contributed by atoms with E-state index < -0.39 is 5.60 Å². The highest BCUT2D eigenvalue weighted by Crippen LogP contribution is 2.34. The van der Waals surface area contributed by atoms with Crippen molar-refractivity contribution in [2.45, 2.75) is 52.1 Å². The molecule has 0 radical (unpaired) electrons. The van der Waals surface area contributed by atoms with Crippen LogP contribution in [0.15, 0.2) is 24.4 Å². The lowest BCUT2D eigenvalue weighted by molar-refractivity contribution is 0.0205. The maximum Gasteiger partial charge on any atom is 0.410 e. The zero-order chi connectivity index (χ0) is 16.6. The maximum absolute atomic E-state index is 12.2. The van der Waals surface area contributed by atoms with E-state index in [0.29, 0.717) is 5.92 Å². The summed E-state index contributed by atoms with van der Waals surface area (Å²) in [5, 5.41) is 1.35. The first kappa shape index (κ1) is 15.9. The van der Waals surface area contributed by atoms with E-state index in [2.05, 4.69) is 36.3 Å². The number of benzene rings is 1. The lowest BCUT2D eigenvalue weighted by Crippen LogP contribution is -2.41. The standard InChI is InChI=1S/C19H26N2O2/c1-13-12-20-16-7-5-6-15(17(13)16)14-8-10-21(11-9-14)18(22)23-19(2,3)4/h5-7,12,14,20H,8-11H2,1-4H3. The van der Waals surface area contributed by atoms with Gasteiger partial charge in [-0.05, 0) is 63.6 Å². The summed E-state index contributed by atoms with van der Waals surface area (Å²) in [6.45, 7) is 9.41. The second-order valence-corrected chi connectivity index (χ2v) is 7.48. The second kappa shape index (κ2) is 5.91. The average Bonchev–Trinajstić information content (AvgIpc) is 2.87. The fraction of sp³-hybridized carbons (Fsp3) is 0.526. The second-order valence-electron chi connectivity index (χ2n) is 7.48. The molecule has 2 heterocycles. The minimum absolute atomic E-state index is 0.188. The third-order valence-electron chi connectivity index (χ3n) is 4.52. The molecule has 1 N–H and O–H groups in total. The quantitative estimate of drug-likeness (QED) is 0.836. The number of aromatic amines is 1. The van der Waals surface area contributed by atoms with Gasteiger partial charge >= 0.3 is 6.09 Å². The van der Waals surface area contributed by atoms with Crippen LogP contribution in [-0.4, -0.2) is 34.7 Å². The van der Waals surface area contributed by atoms with Crippen LogP contribution < -0.4 is 0 Å². The molecule has 0 saturated carbocycles. The zero-order valence-electron chi connectivity index (χ0n) is 14.5. The molecule has 2 aromatic rings. The van der Waals surface area contributed by atoms with Crippen LogP contribution in [0, 0.1) is 6.92 Å². The molecule has 0 bridgehead atoms. The number of carbonyl (C=O) groups is 1. The van der Waals surface area contributed by atoms with E-state index in [1.54, 1.807) is 0 Å². The highest BCUT2D eigenvalue weighted by molar-refractivity contribution is 5.87. The number of piperidine rings is 1. The Kier molecular flexibility index (Phi) is 4.09. The molecule has 3 rings (SSSR count). The van der Waals surface area contributed by atoms with E-state index in [9.17, 15) is 4.79 Å². The van der Waals surface area contributed by atoms with Crippen LogP contribution in [0.1, 0.15) is 50.7 Å². The van der Waals surface area contributed by atoms with E-state index in [-0.39, 0.29) is 6.09 Å². The number of likely N-dealkylation sites (tertiary alicyclic amines) is 1. The molecule has 1 amide bonds. The summed E-state index contributed by atoms with van der Waals surface area (Å²) >= 11 is 0. The fourth-order valence-corrected chi connectivity index (χ4v) is 3.43. The van der Waals surface area contributed by atoms with Crippen molar-refractivity contribution in [3.63, 3.8) is 0 Å². The molecule has 4 heteroatoms. The van der Waals surface area contributed by atoms with Crippen molar-refractivity contribution in [1.29, 1.82) is 0 Å². The third-order valence-corrected chi connectivity index (χ3v) is 4.52. The first-order chi connectivity index (χ1) is 10.8. The van der Waals surface area contributed by atoms with Gasteiger partial charge in [0.1, 0.15) is 5.60 Å². The first-order valence-electron chi connectivity index (χ1n) is 8.39. The van der Waals surface area contributed by atoms with Gasteiger partial charge in [-0.1, -0.05) is 12.1 Å². The molecular formula is C19H26N2O2. The van der Waals surface area contributed by atoms with Crippen LogP contribution in [0.5, 0.6) is 0 Å². The monoisotopic (exact) mass is 314 g/mol. The molecule has 0 aliphatic carbocycles. The van der Waals surface area contributed by atoms with Crippen molar-refractivity contribution in [1.82, 2.24) is 9.88 Å². The number of H-pyrrole nitrogens is 1. The summed E-state index contributed by atoms with van der Waals surface area (Å²) in [7, 11) is 0. The number of fused-ring (bicyclic) bond motifs is 1. The first-order valence-corrected chi connectivity index (χ1v) is 8.39. The predicted molar refractivity (Wildman–Crippen MR) is 92.8 cm³/mol. The van der Waals surface area contributed by atoms with E-state index in [0.717, 1.165) is 25.9 Å². The van der Waals surface area contributed by atoms with E-state index in [1.165, 1.54) is 22.0 Å². The average molecular weight is 314 g/mol. The summed E-state index contributed by atoms with van der Waals surface area (Å²) in [5.74, 6) is 0.506. The molecule has 1 fully saturated rings. The largest absolute Gasteiger partial charge is 0.444 e. The smallest absolute Gasteiger partial charge is 0.410 e. The number of hydrogen-bond donors (Lipinski definition) is 1. The zero-order valence-corrected chi connectivity index (χ0v) is 14.5. The fourth-order valence-electron chi connectivity index (χ4n) is 3.43. The molecule has 1 aliphatic heterocycles. The SMILES string of the molecule is Cc1c[nH]c2cccc(C3CCN(C(=O)OC(C)(C)C)CC3)c12. The molecule has 0 spiro atoms. The Bertz CT molecular complexity index is 704. The van der Waals surface area contributed by atoms with Crippen molar-refractivity contribution in [2.24, 2.45) is 0 Å². The number of aryl methyl sites for hydroxylation is 1. The van der Waals surface area contributed by atoms with Gasteiger partial charge in [-0.2, -0.15) is 0 Å². The normalized spacial score (nSPS) is 16.8. The van der Waals surface area contributed by atoms with Crippen LogP contribution in [0.3, 0.4) is 0 Å². The summed E-state index contributed by atoms with van der Waals surface area (Å²) in [6, 6.07) is 6.48. The van der Waals surface area contributed by atoms with Crippen molar-refractivity contribution in [2.75, 3.05) is 13.1 Å². The minimum atomic E-state index is -0.429. The topological polar surface area (TPSA) is 45.3 Å². The highest BCUT2D eigenvalue weighted by atomic mass is 16.6. The molecule has 1 saturated heterocycles. The number of amides is 1. The van der Waals surface area contributed by atoms with Gasteiger partial charge in [-0.3, -0.25) is 0 Å². The molecule has 1 aliphatic rings. The minimum Gasteiger partial charge on any atom is -0.444 e. The van der Waals surface area contributed by atoms with Gasteiger partial charge in [0.25, 0.3) is 0 Å². The lowest BCUT2D eigenvalue weighted by atomic mass is 9.87. The molecule has 124 valence electrons. The number of rotatable bonds is 1. The van der Waals surface area contributed by atoms with Crippen LogP contribution >= 0.6 is 0 Å². The number of aromatic nitrogens is 1. The van der Waals surface area contributed by atoms with Gasteiger partial charge in [0.2, 0.25) is 0 Å². The molecule has 4 nitrogen and oxygen atoms in total. The summed E-state index contributed by atoms with van der Waals surface area (Å²) in [5.41, 5.74) is 3.48. The van der Waals surface area contributed by atoms with E-state index in [1.807, 2.05) is 25.7 Å². The Balaban J connectivity index is 1.71. The molecule has 23 heavy (non-hydrogen) atoms. The van der Waals surface area contributed by atoms with Gasteiger partial charge in [0, 0.05) is 30.2 Å². The van der Waals surface area contributed by atoms with E-state index >= 15 is 0 Å². The van der Waals surface area contributed by atoms with Gasteiger partial charge in [-0.15, -0.1) is 0 Å². The number of hydrogen-bond acceptors (Lipinski definition) is 2. The van der Waals surface area contributed by atoms with Gasteiger partial charge < -0.3 is 14.6 Å². The Hall–Kier alpha value is -1.97.